The van der Waals surface area contributed by atoms with Crippen molar-refractivity contribution in [2.45, 2.75) is 39.3 Å². The second-order valence-corrected chi connectivity index (χ2v) is 8.03. The zero-order valence-electron chi connectivity index (χ0n) is 17.3. The van der Waals surface area contributed by atoms with Crippen molar-refractivity contribution in [3.05, 3.63) is 74.0 Å². The Balaban J connectivity index is 1.58. The normalized spacial score (nSPS) is 15.2. The number of nitrogens with zero attached hydrogens (tertiary/aromatic N) is 4. The van der Waals surface area contributed by atoms with Crippen LogP contribution < -0.4 is 21.7 Å². The Bertz CT molecular complexity index is 1440. The van der Waals surface area contributed by atoms with E-state index in [-0.39, 0.29) is 11.6 Å². The Labute approximate surface area is 177 Å². The molecule has 1 fully saturated rings. The highest BCUT2D eigenvalue weighted by molar-refractivity contribution is 5.58. The van der Waals surface area contributed by atoms with Gasteiger partial charge in [0.25, 0.3) is 0 Å². The van der Waals surface area contributed by atoms with Crippen LogP contribution in [-0.4, -0.2) is 35.7 Å². The van der Waals surface area contributed by atoms with Crippen LogP contribution in [0.4, 0.5) is 5.82 Å². The first kappa shape index (κ1) is 19.1. The molecule has 4 N–H and O–H groups in total. The van der Waals surface area contributed by atoms with Crippen molar-refractivity contribution in [2.75, 3.05) is 5.32 Å². The molecule has 1 aromatic carbocycles. The Hall–Kier alpha value is -3.88. The number of hydrogen-bond donors (Lipinski definition) is 4. The van der Waals surface area contributed by atoms with E-state index in [1.54, 1.807) is 16.8 Å². The molecule has 0 saturated heterocycles. The van der Waals surface area contributed by atoms with Gasteiger partial charge in [-0.05, 0) is 38.3 Å². The van der Waals surface area contributed by atoms with E-state index in [4.69, 9.17) is 9.98 Å². The number of rotatable bonds is 5. The quantitative estimate of drug-likeness (QED) is 0.390. The summed E-state index contributed by atoms with van der Waals surface area (Å²) in [6.07, 6.45) is 5.44. The van der Waals surface area contributed by atoms with Crippen LogP contribution in [0.2, 0.25) is 0 Å². The van der Waals surface area contributed by atoms with Crippen LogP contribution in [0.15, 0.2) is 40.2 Å². The summed E-state index contributed by atoms with van der Waals surface area (Å²) in [7, 11) is 0. The molecule has 1 saturated carbocycles. The number of nitrogens with one attached hydrogen (secondary N) is 3. The van der Waals surface area contributed by atoms with Crippen molar-refractivity contribution in [3.8, 4) is 5.88 Å². The summed E-state index contributed by atoms with van der Waals surface area (Å²) in [6, 6.07) is 8.67. The van der Waals surface area contributed by atoms with Crippen LogP contribution in [-0.2, 0) is 6.54 Å². The number of imidazole rings is 1. The van der Waals surface area contributed by atoms with Crippen LogP contribution >= 0.6 is 0 Å². The van der Waals surface area contributed by atoms with Crippen molar-refractivity contribution in [2.24, 2.45) is 4.99 Å². The van der Waals surface area contributed by atoms with Crippen LogP contribution in [0.5, 0.6) is 5.88 Å². The average molecular weight is 417 g/mol. The minimum absolute atomic E-state index is 0.226. The number of H-pyrrole nitrogens is 2. The summed E-state index contributed by atoms with van der Waals surface area (Å²) >= 11 is 0. The number of aryl methyl sites for hydroxylation is 2. The van der Waals surface area contributed by atoms with Crippen molar-refractivity contribution < 1.29 is 5.11 Å². The van der Waals surface area contributed by atoms with Gasteiger partial charge in [-0.15, -0.1) is 0 Å². The van der Waals surface area contributed by atoms with Gasteiger partial charge in [0.05, 0.1) is 12.2 Å². The predicted octanol–water partition coefficient (Wildman–Crippen LogP) is 1.29. The molecule has 9 heteroatoms. The molecule has 4 aromatic rings. The lowest BCUT2D eigenvalue weighted by atomic mass is 10.1. The zero-order valence-corrected chi connectivity index (χ0v) is 17.3. The molecule has 0 amide bonds. The number of anilines is 1. The maximum absolute atomic E-state index is 11.5. The van der Waals surface area contributed by atoms with Crippen LogP contribution in [0.3, 0.4) is 0 Å². The predicted molar refractivity (Wildman–Crippen MR) is 117 cm³/mol. The van der Waals surface area contributed by atoms with Crippen LogP contribution in [0.1, 0.15) is 35.2 Å². The largest absolute Gasteiger partial charge is 0.493 e. The molecule has 0 bridgehead atoms. The first-order valence-corrected chi connectivity index (χ1v) is 10.2. The minimum Gasteiger partial charge on any atom is -0.493 e. The van der Waals surface area contributed by atoms with Crippen molar-refractivity contribution in [3.63, 3.8) is 0 Å². The molecule has 9 nitrogen and oxygen atoms in total. The molecule has 1 aliphatic rings. The summed E-state index contributed by atoms with van der Waals surface area (Å²) in [5, 5.41) is 18.4. The van der Waals surface area contributed by atoms with Gasteiger partial charge in [0.15, 0.2) is 11.1 Å². The highest BCUT2D eigenvalue weighted by Crippen LogP contribution is 2.22. The lowest BCUT2D eigenvalue weighted by Crippen LogP contribution is -2.20. The maximum Gasteiger partial charge on any atom is 0.326 e. The highest BCUT2D eigenvalue weighted by atomic mass is 16.3. The molecule has 5 rings (SSSR count). The van der Waals surface area contributed by atoms with Gasteiger partial charge >= 0.3 is 5.69 Å². The van der Waals surface area contributed by atoms with E-state index < -0.39 is 5.69 Å². The summed E-state index contributed by atoms with van der Waals surface area (Å²) in [5.41, 5.74) is 4.72. The third-order valence-corrected chi connectivity index (χ3v) is 5.13. The molecule has 158 valence electrons. The first-order chi connectivity index (χ1) is 14.9. The Morgan fingerprint density at radius 2 is 2.00 bits per heavy atom. The molecular weight excluding hydrogens is 394 g/mol. The van der Waals surface area contributed by atoms with Crippen LogP contribution in [0.25, 0.3) is 11.7 Å². The second kappa shape index (κ2) is 7.42. The van der Waals surface area contributed by atoms with Crippen molar-refractivity contribution in [1.82, 2.24) is 24.6 Å². The van der Waals surface area contributed by atoms with E-state index in [0.717, 1.165) is 18.3 Å². The van der Waals surface area contributed by atoms with E-state index in [2.05, 4.69) is 52.4 Å². The third-order valence-electron chi connectivity index (χ3n) is 5.13. The van der Waals surface area contributed by atoms with Gasteiger partial charge in [-0.2, -0.15) is 9.61 Å². The van der Waals surface area contributed by atoms with Crippen molar-refractivity contribution >= 4 is 17.5 Å². The molecule has 0 spiro atoms. The van der Waals surface area contributed by atoms with E-state index in [1.807, 2.05) is 6.07 Å². The molecule has 3 aromatic heterocycles. The van der Waals surface area contributed by atoms with E-state index in [9.17, 15) is 9.90 Å². The molecule has 0 radical (unpaired) electrons. The molecule has 0 aliphatic heterocycles. The average Bonchev–Trinajstić information content (AvgIpc) is 3.34. The lowest BCUT2D eigenvalue weighted by molar-refractivity contribution is 0.454. The van der Waals surface area contributed by atoms with Crippen LogP contribution in [0, 0.1) is 13.8 Å². The lowest BCUT2D eigenvalue weighted by Gasteiger charge is -2.08. The van der Waals surface area contributed by atoms with Gasteiger partial charge in [-0.25, -0.2) is 9.78 Å². The summed E-state index contributed by atoms with van der Waals surface area (Å²) in [6.45, 7) is 4.80. The summed E-state index contributed by atoms with van der Waals surface area (Å²) < 4.78 is 1.69. The fraction of sp³-hybridized carbons (Fsp3) is 0.273. The molecule has 3 heterocycles. The standard InChI is InChI=1S/C22H23N7O2/c1-12-5-13(2)7-14(6-12)10-23-18-9-19(25-16-3-4-16)29-20(27-18)15(11-24-29)8-17-21(30)28-22(31)26-17/h5-9,11,16,23,30H,3-4,10H2,1-2H3,(H2,26,28,31)/b15-8+,25-19?. The molecular formula is C22H23N7O2. The van der Waals surface area contributed by atoms with Gasteiger partial charge in [0.1, 0.15) is 11.5 Å². The molecule has 1 aliphatic carbocycles. The van der Waals surface area contributed by atoms with Gasteiger partial charge in [-0.1, -0.05) is 29.3 Å². The van der Waals surface area contributed by atoms with E-state index in [0.29, 0.717) is 29.3 Å². The second-order valence-electron chi connectivity index (χ2n) is 8.03. The molecule has 0 atom stereocenters. The number of aromatic hydroxyl groups is 1. The Morgan fingerprint density at radius 3 is 2.68 bits per heavy atom. The monoisotopic (exact) mass is 417 g/mol. The number of aromatic amines is 2. The van der Waals surface area contributed by atoms with Gasteiger partial charge in [0.2, 0.25) is 5.88 Å². The summed E-state index contributed by atoms with van der Waals surface area (Å²) in [5.74, 6) is 0.462. The Kier molecular flexibility index (Phi) is 4.58. The first-order valence-electron chi connectivity index (χ1n) is 10.2. The van der Waals surface area contributed by atoms with Gasteiger partial charge in [0, 0.05) is 17.8 Å². The Morgan fingerprint density at radius 1 is 1.23 bits per heavy atom. The number of aromatic nitrogens is 5. The van der Waals surface area contributed by atoms with E-state index >= 15 is 0 Å². The fourth-order valence-corrected chi connectivity index (χ4v) is 3.65. The topological polar surface area (TPSA) is 123 Å². The van der Waals surface area contributed by atoms with E-state index in [1.165, 1.54) is 16.7 Å². The molecule has 31 heavy (non-hydrogen) atoms. The SMILES string of the molecule is Cc1cc(C)cc(CNc2cc(=NC3CC3)n3nc/c(=C\c4[nH]c(=O)[nH]c4O)c3n2)c1. The van der Waals surface area contributed by atoms with Gasteiger partial charge < -0.3 is 15.4 Å². The number of hydrogen-bond acceptors (Lipinski definition) is 6. The van der Waals surface area contributed by atoms with Gasteiger partial charge in [-0.3, -0.25) is 9.98 Å². The number of fused-ring (bicyclic) bond motifs is 1. The number of benzene rings is 1. The maximum atomic E-state index is 11.5. The smallest absolute Gasteiger partial charge is 0.326 e. The third kappa shape index (κ3) is 4.07. The minimum atomic E-state index is -0.478. The molecule has 0 unspecified atom stereocenters. The zero-order chi connectivity index (χ0) is 21.5. The fourth-order valence-electron chi connectivity index (χ4n) is 3.65. The summed E-state index contributed by atoms with van der Waals surface area (Å²) in [4.78, 5) is 25.8. The highest BCUT2D eigenvalue weighted by Gasteiger charge is 2.20. The van der Waals surface area contributed by atoms with Crippen molar-refractivity contribution in [1.29, 1.82) is 0 Å².